The van der Waals surface area contributed by atoms with Crippen molar-refractivity contribution in [1.82, 2.24) is 0 Å². The van der Waals surface area contributed by atoms with Crippen LogP contribution >= 0.6 is 0 Å². The normalized spacial score (nSPS) is 28.3. The average molecular weight is 304 g/mol. The number of carbonyl (C=O) groups excluding carboxylic acids is 1. The minimum Gasteiger partial charge on any atom is -0.496 e. The van der Waals surface area contributed by atoms with Crippen molar-refractivity contribution in [2.45, 2.75) is 52.1 Å². The Morgan fingerprint density at radius 1 is 1.36 bits per heavy atom. The van der Waals surface area contributed by atoms with Crippen molar-refractivity contribution < 1.29 is 19.0 Å². The SMILES string of the molecule is COc1cc2c(cc1C)OC[C@@]21[C@H](OC(C)=O)CCC1(C)C. The van der Waals surface area contributed by atoms with Crippen molar-refractivity contribution in [3.05, 3.63) is 23.3 Å². The third-order valence-corrected chi connectivity index (χ3v) is 5.53. The number of methoxy groups -OCH3 is 1. The van der Waals surface area contributed by atoms with Crippen LogP contribution in [0.25, 0.3) is 0 Å². The molecule has 1 aliphatic carbocycles. The molecule has 120 valence electrons. The molecular weight excluding hydrogens is 280 g/mol. The molecule has 2 aliphatic rings. The predicted octanol–water partition coefficient (Wildman–Crippen LogP) is 3.39. The topological polar surface area (TPSA) is 44.8 Å². The van der Waals surface area contributed by atoms with E-state index < -0.39 is 0 Å². The quantitative estimate of drug-likeness (QED) is 0.786. The first kappa shape index (κ1) is 15.2. The van der Waals surface area contributed by atoms with Gasteiger partial charge in [0.05, 0.1) is 12.5 Å². The largest absolute Gasteiger partial charge is 0.496 e. The maximum Gasteiger partial charge on any atom is 0.302 e. The summed E-state index contributed by atoms with van der Waals surface area (Å²) in [5.74, 6) is 1.52. The monoisotopic (exact) mass is 304 g/mol. The van der Waals surface area contributed by atoms with Gasteiger partial charge in [-0.3, -0.25) is 4.79 Å². The van der Waals surface area contributed by atoms with Crippen LogP contribution in [0, 0.1) is 12.3 Å². The second kappa shape index (κ2) is 4.90. The summed E-state index contributed by atoms with van der Waals surface area (Å²) in [5, 5.41) is 0. The third kappa shape index (κ3) is 1.93. The molecule has 1 aromatic rings. The van der Waals surface area contributed by atoms with Crippen LogP contribution in [-0.2, 0) is 14.9 Å². The van der Waals surface area contributed by atoms with Gasteiger partial charge in [-0.05, 0) is 42.9 Å². The molecule has 1 aliphatic heterocycles. The number of ether oxygens (including phenoxy) is 3. The maximum absolute atomic E-state index is 11.6. The van der Waals surface area contributed by atoms with Crippen molar-refractivity contribution in [2.24, 2.45) is 5.41 Å². The molecule has 0 saturated heterocycles. The highest BCUT2D eigenvalue weighted by Crippen LogP contribution is 2.60. The highest BCUT2D eigenvalue weighted by atomic mass is 16.5. The predicted molar refractivity (Wildman–Crippen MR) is 83.5 cm³/mol. The molecule has 1 aromatic carbocycles. The first-order valence-corrected chi connectivity index (χ1v) is 7.81. The minimum atomic E-state index is -0.297. The Hall–Kier alpha value is -1.71. The maximum atomic E-state index is 11.6. The van der Waals surface area contributed by atoms with Crippen LogP contribution in [0.4, 0.5) is 0 Å². The smallest absolute Gasteiger partial charge is 0.302 e. The minimum absolute atomic E-state index is 0.00135. The number of hydrogen-bond donors (Lipinski definition) is 0. The molecule has 0 radical (unpaired) electrons. The Balaban J connectivity index is 2.16. The first-order valence-electron chi connectivity index (χ1n) is 7.81. The molecule has 0 aromatic heterocycles. The fraction of sp³-hybridized carbons (Fsp3) is 0.611. The third-order valence-electron chi connectivity index (χ3n) is 5.53. The van der Waals surface area contributed by atoms with E-state index in [0.717, 1.165) is 35.5 Å². The lowest BCUT2D eigenvalue weighted by Crippen LogP contribution is -2.48. The van der Waals surface area contributed by atoms with Crippen molar-refractivity contribution >= 4 is 5.97 Å². The number of rotatable bonds is 2. The lowest BCUT2D eigenvalue weighted by molar-refractivity contribution is -0.150. The van der Waals surface area contributed by atoms with Crippen LogP contribution in [0.15, 0.2) is 12.1 Å². The standard InChI is InChI=1S/C18H24O4/c1-11-8-15-13(9-14(11)20-5)18(10-21-15)16(22-12(2)19)6-7-17(18,3)4/h8-9,16H,6-7,10H2,1-5H3/t16-,18+/m1/s1. The van der Waals surface area contributed by atoms with Crippen molar-refractivity contribution in [2.75, 3.05) is 13.7 Å². The van der Waals surface area contributed by atoms with Gasteiger partial charge in [0.25, 0.3) is 0 Å². The van der Waals surface area contributed by atoms with E-state index in [-0.39, 0.29) is 22.9 Å². The van der Waals surface area contributed by atoms with Gasteiger partial charge in [-0.25, -0.2) is 0 Å². The van der Waals surface area contributed by atoms with E-state index in [2.05, 4.69) is 19.9 Å². The Morgan fingerprint density at radius 2 is 2.09 bits per heavy atom. The summed E-state index contributed by atoms with van der Waals surface area (Å²) in [7, 11) is 1.68. The van der Waals surface area contributed by atoms with Gasteiger partial charge >= 0.3 is 5.97 Å². The van der Waals surface area contributed by atoms with Crippen molar-refractivity contribution in [1.29, 1.82) is 0 Å². The fourth-order valence-electron chi connectivity index (χ4n) is 4.20. The van der Waals surface area contributed by atoms with E-state index in [1.165, 1.54) is 6.92 Å². The van der Waals surface area contributed by atoms with Gasteiger partial charge in [0.15, 0.2) is 0 Å². The Kier molecular flexibility index (Phi) is 3.38. The van der Waals surface area contributed by atoms with Gasteiger partial charge in [0.2, 0.25) is 0 Å². The molecule has 1 saturated carbocycles. The number of esters is 1. The van der Waals surface area contributed by atoms with Gasteiger partial charge in [-0.2, -0.15) is 0 Å². The van der Waals surface area contributed by atoms with Crippen LogP contribution in [0.1, 0.15) is 44.7 Å². The molecular formula is C18H24O4. The van der Waals surface area contributed by atoms with Gasteiger partial charge in [0, 0.05) is 12.5 Å². The van der Waals surface area contributed by atoms with Crippen LogP contribution in [0.5, 0.6) is 11.5 Å². The van der Waals surface area contributed by atoms with Gasteiger partial charge in [-0.15, -0.1) is 0 Å². The van der Waals surface area contributed by atoms with Crippen molar-refractivity contribution in [3.8, 4) is 11.5 Å². The zero-order valence-electron chi connectivity index (χ0n) is 14.0. The summed E-state index contributed by atoms with van der Waals surface area (Å²) >= 11 is 0. The molecule has 4 nitrogen and oxygen atoms in total. The molecule has 1 fully saturated rings. The number of fused-ring (bicyclic) bond motifs is 2. The molecule has 1 spiro atoms. The van der Waals surface area contributed by atoms with E-state index >= 15 is 0 Å². The molecule has 3 rings (SSSR count). The van der Waals surface area contributed by atoms with Crippen LogP contribution in [0.2, 0.25) is 0 Å². The molecule has 0 unspecified atom stereocenters. The van der Waals surface area contributed by atoms with Crippen LogP contribution in [0.3, 0.4) is 0 Å². The van der Waals surface area contributed by atoms with Crippen molar-refractivity contribution in [3.63, 3.8) is 0 Å². The molecule has 22 heavy (non-hydrogen) atoms. The zero-order valence-corrected chi connectivity index (χ0v) is 14.0. The lowest BCUT2D eigenvalue weighted by Gasteiger charge is -2.40. The Bertz CT molecular complexity index is 620. The number of aryl methyl sites for hydroxylation is 1. The second-order valence-electron chi connectivity index (χ2n) is 7.10. The fourth-order valence-corrected chi connectivity index (χ4v) is 4.20. The second-order valence-corrected chi connectivity index (χ2v) is 7.10. The van der Waals surface area contributed by atoms with E-state index in [1.54, 1.807) is 7.11 Å². The summed E-state index contributed by atoms with van der Waals surface area (Å²) in [6.07, 6.45) is 1.73. The van der Waals surface area contributed by atoms with Gasteiger partial charge in [0.1, 0.15) is 24.2 Å². The summed E-state index contributed by atoms with van der Waals surface area (Å²) < 4.78 is 17.2. The highest BCUT2D eigenvalue weighted by Gasteiger charge is 2.62. The number of benzene rings is 1. The first-order chi connectivity index (χ1) is 10.3. The summed E-state index contributed by atoms with van der Waals surface area (Å²) in [6.45, 7) is 8.52. The molecule has 2 atom stereocenters. The van der Waals surface area contributed by atoms with Gasteiger partial charge in [-0.1, -0.05) is 13.8 Å². The molecule has 4 heteroatoms. The molecule has 0 amide bonds. The Morgan fingerprint density at radius 3 is 2.73 bits per heavy atom. The van der Waals surface area contributed by atoms with E-state index in [9.17, 15) is 4.79 Å². The summed E-state index contributed by atoms with van der Waals surface area (Å²) in [5.41, 5.74) is 1.87. The summed E-state index contributed by atoms with van der Waals surface area (Å²) in [4.78, 5) is 11.6. The molecule has 0 bridgehead atoms. The van der Waals surface area contributed by atoms with E-state index in [0.29, 0.717) is 6.61 Å². The zero-order chi connectivity index (χ0) is 16.1. The lowest BCUT2D eigenvalue weighted by atomic mass is 9.64. The summed E-state index contributed by atoms with van der Waals surface area (Å²) in [6, 6.07) is 4.10. The van der Waals surface area contributed by atoms with Crippen LogP contribution < -0.4 is 9.47 Å². The number of carbonyl (C=O) groups is 1. The average Bonchev–Trinajstić information content (AvgIpc) is 2.92. The van der Waals surface area contributed by atoms with E-state index in [4.69, 9.17) is 14.2 Å². The number of hydrogen-bond acceptors (Lipinski definition) is 4. The van der Waals surface area contributed by atoms with Crippen LogP contribution in [-0.4, -0.2) is 25.8 Å². The van der Waals surface area contributed by atoms with E-state index in [1.807, 2.05) is 13.0 Å². The molecule has 1 heterocycles. The Labute approximate surface area is 131 Å². The highest BCUT2D eigenvalue weighted by molar-refractivity contribution is 5.67. The van der Waals surface area contributed by atoms with Gasteiger partial charge < -0.3 is 14.2 Å². The molecule has 0 N–H and O–H groups in total.